The highest BCUT2D eigenvalue weighted by Gasteiger charge is 2.79. The van der Waals surface area contributed by atoms with Gasteiger partial charge in [-0.05, 0) is 101 Å². The number of hydrogen-bond acceptors (Lipinski definition) is 28. The lowest BCUT2D eigenvalue weighted by atomic mass is 9.41. The molecule has 0 aromatic carbocycles. The molecule has 4 aliphatic carbocycles. The fourth-order valence-electron chi connectivity index (χ4n) is 17.6. The van der Waals surface area contributed by atoms with Gasteiger partial charge in [-0.2, -0.15) is 8.42 Å². The molecule has 30 heteroatoms. The van der Waals surface area contributed by atoms with Crippen molar-refractivity contribution in [2.24, 2.45) is 39.4 Å². The van der Waals surface area contributed by atoms with Gasteiger partial charge in [-0.25, -0.2) is 4.18 Å². The second-order valence-electron chi connectivity index (χ2n) is 28.0. The van der Waals surface area contributed by atoms with E-state index >= 15 is 0 Å². The first kappa shape index (κ1) is 70.3. The molecule has 29 nitrogen and oxygen atoms in total. The number of rotatable bonds is 19. The van der Waals surface area contributed by atoms with E-state index in [4.69, 9.17) is 65.8 Å². The Balaban J connectivity index is 0.905. The van der Waals surface area contributed by atoms with E-state index in [-0.39, 0.29) is 29.1 Å². The molecule has 0 aromatic rings. The lowest BCUT2D eigenvalue weighted by molar-refractivity contribution is -0.399. The van der Waals surface area contributed by atoms with Crippen LogP contribution in [0.25, 0.3) is 0 Å². The molecule has 6 heterocycles. The van der Waals surface area contributed by atoms with E-state index in [0.717, 1.165) is 24.0 Å². The molecular formula is C60H94O29S. The van der Waals surface area contributed by atoms with Gasteiger partial charge in [0, 0.05) is 19.4 Å². The zero-order chi connectivity index (χ0) is 65.7. The van der Waals surface area contributed by atoms with Gasteiger partial charge in [0.25, 0.3) is 0 Å². The summed E-state index contributed by atoms with van der Waals surface area (Å²) in [4.78, 5) is 27.6. The summed E-state index contributed by atoms with van der Waals surface area (Å²) in [6.07, 6.45) is -31.4. The summed E-state index contributed by atoms with van der Waals surface area (Å²) in [5, 5.41) is 111. The van der Waals surface area contributed by atoms with Crippen LogP contribution >= 0.6 is 0 Å². The lowest BCUT2D eigenvalue weighted by Crippen LogP contribution is -2.67. The number of ether oxygens (including phenoxy) is 13. The Morgan fingerprint density at radius 3 is 1.98 bits per heavy atom. The van der Waals surface area contributed by atoms with E-state index in [1.54, 1.807) is 0 Å². The number of allylic oxidation sites excluding steroid dienone is 3. The Morgan fingerprint density at radius 2 is 1.32 bits per heavy atom. The standard InChI is InChI=1S/C60H94O29S/c1-25(2)12-11-17-59(9)49-32(81-27(4)62)20-58(8)29-13-14-35-56(5,6)36(16-18-57(35,7)28(29)15-19-60(49,58)55(72)88-59)83-53-47(39(67)34(24-79-53)89-90(73,74)75)87-54-48(86-50-40(68)37(65)30(63)22-77-50)41(69)44(26(3)80-54)84-51-42(70)45(31(64)23-78-51)85-52-43(71)46(76-10)38(66)33(21-61)82-52/h13,26,28,30-54,61,63-71H,1,11-12,14-24H2,2-10H3,(H,73,74,75)/t26?,28?,30?,31?,32?,33?,34?,35?,36?,37?,38?,39?,40?,41?,42?,43?,44?,45?,46?,47?,48?,49?,50?,51?,52?,53?,54?,57?,58-,59-,60?/m0/s1. The fourth-order valence-corrected chi connectivity index (χ4v) is 18.0. The third kappa shape index (κ3) is 12.5. The number of carbonyl (C=O) groups is 2. The van der Waals surface area contributed by atoms with Crippen LogP contribution in [0.4, 0.5) is 0 Å². The van der Waals surface area contributed by atoms with Crippen molar-refractivity contribution >= 4 is 22.3 Å². The van der Waals surface area contributed by atoms with Gasteiger partial charge >= 0.3 is 22.3 Å². The topological polar surface area (TPSA) is 420 Å². The average molecular weight is 1310 g/mol. The average Bonchev–Trinajstić information content (AvgIpc) is 1.46. The number of esters is 2. The van der Waals surface area contributed by atoms with E-state index in [0.29, 0.717) is 44.9 Å². The molecule has 3 saturated carbocycles. The highest BCUT2D eigenvalue weighted by atomic mass is 32.3. The molecule has 90 heavy (non-hydrogen) atoms. The van der Waals surface area contributed by atoms with Crippen molar-refractivity contribution in [1.29, 1.82) is 0 Å². The van der Waals surface area contributed by atoms with Crippen molar-refractivity contribution < 1.29 is 139 Å². The summed E-state index contributed by atoms with van der Waals surface area (Å²) in [6.45, 7) is 16.8. The van der Waals surface area contributed by atoms with Crippen LogP contribution in [0.2, 0.25) is 0 Å². The molecule has 6 aliphatic heterocycles. The van der Waals surface area contributed by atoms with Crippen molar-refractivity contribution in [3.8, 4) is 0 Å². The predicted molar refractivity (Wildman–Crippen MR) is 302 cm³/mol. The van der Waals surface area contributed by atoms with Gasteiger partial charge < -0.3 is 113 Å². The van der Waals surface area contributed by atoms with Crippen LogP contribution in [0.3, 0.4) is 0 Å². The number of carbonyl (C=O) groups excluding carboxylic acids is 2. The third-order valence-corrected chi connectivity index (χ3v) is 22.5. The van der Waals surface area contributed by atoms with Gasteiger partial charge in [0.05, 0.1) is 50.0 Å². The van der Waals surface area contributed by atoms with Gasteiger partial charge in [0.2, 0.25) is 0 Å². The SMILES string of the molecule is C=C(C)CCC[C@]1(C)OC(=O)C23CCC4C(=CCC5C(C)(C)C(OC6OCC(OS(=O)(=O)O)C(O)C6OC6OC(C)C(OC7OCC(O)C(OC8OC(CO)C(O)C(OC)C8O)C7O)C(O)C6OC6OCC(O)C(O)C6O)CCC45C)[C@]2(C)CC(OC(C)=O)C31. The maximum absolute atomic E-state index is 14.8. The number of methoxy groups -OCH3 is 1. The molecule has 10 rings (SSSR count). The molecule has 0 bridgehead atoms. The van der Waals surface area contributed by atoms with Gasteiger partial charge in [0.1, 0.15) is 109 Å². The normalized spacial score (nSPS) is 50.2. The Hall–Kier alpha value is -2.55. The van der Waals surface area contributed by atoms with Crippen molar-refractivity contribution in [2.45, 2.75) is 266 Å². The maximum Gasteiger partial charge on any atom is 0.397 e. The van der Waals surface area contributed by atoms with Crippen LogP contribution in [-0.2, 0) is 85.8 Å². The molecule has 1 spiro atoms. The van der Waals surface area contributed by atoms with Crippen LogP contribution in [0.1, 0.15) is 113 Å². The second-order valence-corrected chi connectivity index (χ2v) is 29.0. The van der Waals surface area contributed by atoms with Gasteiger partial charge in [-0.3, -0.25) is 14.1 Å². The van der Waals surface area contributed by atoms with Crippen molar-refractivity contribution in [2.75, 3.05) is 33.5 Å². The largest absolute Gasteiger partial charge is 0.462 e. The van der Waals surface area contributed by atoms with E-state index in [1.165, 1.54) is 21.0 Å². The first-order valence-corrected chi connectivity index (χ1v) is 32.6. The van der Waals surface area contributed by atoms with Crippen LogP contribution < -0.4 is 0 Å². The van der Waals surface area contributed by atoms with Gasteiger partial charge in [-0.1, -0.05) is 44.9 Å². The third-order valence-electron chi connectivity index (χ3n) is 22.0. The number of aliphatic hydroxyl groups excluding tert-OH is 10. The summed E-state index contributed by atoms with van der Waals surface area (Å²) in [7, 11) is -4.07. The molecule has 9 fully saturated rings. The molecule has 0 amide bonds. The molecule has 29 unspecified atom stereocenters. The maximum atomic E-state index is 14.8. The summed E-state index contributed by atoms with van der Waals surface area (Å²) in [5.41, 5.74) is -1.45. The smallest absolute Gasteiger partial charge is 0.397 e. The quantitative estimate of drug-likeness (QED) is 0.0423. The zero-order valence-electron chi connectivity index (χ0n) is 52.2. The van der Waals surface area contributed by atoms with E-state index in [1.807, 2.05) is 13.8 Å². The van der Waals surface area contributed by atoms with Gasteiger partial charge in [0.15, 0.2) is 31.5 Å². The van der Waals surface area contributed by atoms with Crippen molar-refractivity contribution in [1.82, 2.24) is 0 Å². The number of fused-ring (bicyclic) bond motifs is 4. The Bertz CT molecular complexity index is 2720. The lowest BCUT2D eigenvalue weighted by Gasteiger charge is -2.64. The van der Waals surface area contributed by atoms with Crippen LogP contribution in [-0.4, -0.2) is 263 Å². The van der Waals surface area contributed by atoms with E-state index in [9.17, 15) is 73.6 Å². The Morgan fingerprint density at radius 1 is 0.700 bits per heavy atom. The van der Waals surface area contributed by atoms with E-state index < -0.39 is 212 Å². The van der Waals surface area contributed by atoms with Crippen LogP contribution in [0.5, 0.6) is 0 Å². The second kappa shape index (κ2) is 26.5. The number of aliphatic hydroxyl groups is 10. The summed E-state index contributed by atoms with van der Waals surface area (Å²) in [5.74, 6) is -1.16. The Kier molecular flexibility index (Phi) is 20.7. The monoisotopic (exact) mass is 1310 g/mol. The van der Waals surface area contributed by atoms with Crippen molar-refractivity contribution in [3.05, 3.63) is 23.8 Å². The highest BCUT2D eigenvalue weighted by Crippen LogP contribution is 2.77. The number of cyclic esters (lactones) is 1. The molecule has 0 radical (unpaired) electrons. The van der Waals surface area contributed by atoms with E-state index in [2.05, 4.69) is 40.3 Å². The highest BCUT2D eigenvalue weighted by molar-refractivity contribution is 7.80. The molecule has 514 valence electrons. The summed E-state index contributed by atoms with van der Waals surface area (Å²) < 4.78 is 118. The molecule has 11 N–H and O–H groups in total. The minimum absolute atomic E-state index is 0.00764. The minimum atomic E-state index is -5.26. The molecular weight excluding hydrogens is 1220 g/mol. The minimum Gasteiger partial charge on any atom is -0.462 e. The Labute approximate surface area is 523 Å². The first-order chi connectivity index (χ1) is 42.2. The van der Waals surface area contributed by atoms with Crippen molar-refractivity contribution in [3.63, 3.8) is 0 Å². The predicted octanol–water partition coefficient (Wildman–Crippen LogP) is -0.917. The zero-order valence-corrected chi connectivity index (χ0v) is 53.1. The number of hydrogen-bond donors (Lipinski definition) is 11. The fraction of sp³-hybridized carbons (Fsp3) is 0.900. The first-order valence-electron chi connectivity index (χ1n) is 31.3. The molecule has 31 atom stereocenters. The summed E-state index contributed by atoms with van der Waals surface area (Å²) in [6, 6.07) is 0. The summed E-state index contributed by atoms with van der Waals surface area (Å²) >= 11 is 0. The molecule has 6 saturated heterocycles. The van der Waals surface area contributed by atoms with Crippen LogP contribution in [0, 0.1) is 39.4 Å². The molecule has 0 aromatic heterocycles. The molecule has 10 aliphatic rings. The van der Waals surface area contributed by atoms with Crippen LogP contribution in [0.15, 0.2) is 23.8 Å². The van der Waals surface area contributed by atoms with Gasteiger partial charge in [-0.15, -0.1) is 6.58 Å².